The van der Waals surface area contributed by atoms with Crippen molar-refractivity contribution < 1.29 is 0 Å². The Morgan fingerprint density at radius 1 is 1.14 bits per heavy atom. The van der Waals surface area contributed by atoms with Gasteiger partial charge in [-0.25, -0.2) is 0 Å². The third-order valence-corrected chi connectivity index (χ3v) is 4.32. The lowest BCUT2D eigenvalue weighted by atomic mass is 9.77. The number of benzene rings is 2. The van der Waals surface area contributed by atoms with Gasteiger partial charge < -0.3 is 5.73 Å². The highest BCUT2D eigenvalue weighted by Crippen LogP contribution is 2.41. The number of fused-ring (bicyclic) bond motifs is 1. The molecule has 21 heavy (non-hydrogen) atoms. The Bertz CT molecular complexity index is 753. The first-order valence-electron chi connectivity index (χ1n) is 7.01. The van der Waals surface area contributed by atoms with Crippen LogP contribution >= 0.6 is 0 Å². The maximum absolute atomic E-state index is 8.94. The first-order valence-corrected chi connectivity index (χ1v) is 7.01. The monoisotopic (exact) mass is 275 g/mol. The number of nitriles is 1. The standard InChI is InChI=1S/C18H17N3/c1-12-15-5-3-4-6-16(15)18(2,21-17(12)20)14-9-7-13(11-19)8-10-14/h3-10,12H,1-2H3,(H2,20,21). The second-order valence-electron chi connectivity index (χ2n) is 5.61. The van der Waals surface area contributed by atoms with Crippen molar-refractivity contribution in [2.24, 2.45) is 10.7 Å². The summed E-state index contributed by atoms with van der Waals surface area (Å²) in [6.45, 7) is 4.15. The maximum Gasteiger partial charge on any atom is 0.110 e. The van der Waals surface area contributed by atoms with Gasteiger partial charge in [-0.05, 0) is 35.7 Å². The smallest absolute Gasteiger partial charge is 0.110 e. The van der Waals surface area contributed by atoms with E-state index in [1.54, 1.807) is 0 Å². The molecule has 0 bridgehead atoms. The van der Waals surface area contributed by atoms with Crippen molar-refractivity contribution in [2.75, 3.05) is 0 Å². The van der Waals surface area contributed by atoms with Gasteiger partial charge in [0.25, 0.3) is 0 Å². The van der Waals surface area contributed by atoms with Crippen LogP contribution in [0.3, 0.4) is 0 Å². The van der Waals surface area contributed by atoms with Crippen LogP contribution in [0.25, 0.3) is 0 Å². The van der Waals surface area contributed by atoms with Crippen LogP contribution in [0.4, 0.5) is 0 Å². The lowest BCUT2D eigenvalue weighted by molar-refractivity contribution is 0.577. The summed E-state index contributed by atoms with van der Waals surface area (Å²) in [5, 5.41) is 8.94. The van der Waals surface area contributed by atoms with E-state index in [1.807, 2.05) is 36.4 Å². The van der Waals surface area contributed by atoms with Crippen molar-refractivity contribution in [1.82, 2.24) is 0 Å². The van der Waals surface area contributed by atoms with Gasteiger partial charge in [-0.15, -0.1) is 0 Å². The molecule has 0 aromatic heterocycles. The summed E-state index contributed by atoms with van der Waals surface area (Å²) in [4.78, 5) is 4.77. The number of nitrogens with two attached hydrogens (primary N) is 1. The second kappa shape index (κ2) is 4.75. The predicted octanol–water partition coefficient (Wildman–Crippen LogP) is 3.30. The molecule has 3 nitrogen and oxygen atoms in total. The van der Waals surface area contributed by atoms with Gasteiger partial charge in [0.1, 0.15) is 11.4 Å². The Hall–Kier alpha value is -2.60. The molecule has 2 aromatic rings. The van der Waals surface area contributed by atoms with Gasteiger partial charge in [0.2, 0.25) is 0 Å². The van der Waals surface area contributed by atoms with E-state index < -0.39 is 5.54 Å². The van der Waals surface area contributed by atoms with E-state index in [9.17, 15) is 0 Å². The average Bonchev–Trinajstić information content (AvgIpc) is 2.53. The third kappa shape index (κ3) is 2.00. The Morgan fingerprint density at radius 3 is 2.48 bits per heavy atom. The van der Waals surface area contributed by atoms with Gasteiger partial charge >= 0.3 is 0 Å². The summed E-state index contributed by atoms with van der Waals surface area (Å²) < 4.78 is 0. The van der Waals surface area contributed by atoms with Gasteiger partial charge in [-0.2, -0.15) is 5.26 Å². The zero-order valence-corrected chi connectivity index (χ0v) is 12.2. The van der Waals surface area contributed by atoms with Crippen LogP contribution in [-0.4, -0.2) is 5.84 Å². The molecule has 0 amide bonds. The van der Waals surface area contributed by atoms with Crippen LogP contribution in [0.2, 0.25) is 0 Å². The molecular formula is C18H17N3. The van der Waals surface area contributed by atoms with Gasteiger partial charge in [0, 0.05) is 5.92 Å². The van der Waals surface area contributed by atoms with Crippen molar-refractivity contribution in [2.45, 2.75) is 25.3 Å². The quantitative estimate of drug-likeness (QED) is 0.868. The minimum Gasteiger partial charge on any atom is -0.387 e. The zero-order valence-electron chi connectivity index (χ0n) is 12.2. The summed E-state index contributed by atoms with van der Waals surface area (Å²) in [6, 6.07) is 18.0. The Morgan fingerprint density at radius 2 is 1.81 bits per heavy atom. The Kier molecular flexibility index (Phi) is 3.03. The van der Waals surface area contributed by atoms with E-state index in [0.29, 0.717) is 11.4 Å². The predicted molar refractivity (Wildman–Crippen MR) is 84.1 cm³/mol. The van der Waals surface area contributed by atoms with Crippen LogP contribution in [-0.2, 0) is 5.54 Å². The summed E-state index contributed by atoms with van der Waals surface area (Å²) in [7, 11) is 0. The van der Waals surface area contributed by atoms with E-state index in [2.05, 4.69) is 32.0 Å². The van der Waals surface area contributed by atoms with Crippen molar-refractivity contribution >= 4 is 5.84 Å². The minimum absolute atomic E-state index is 0.132. The SMILES string of the molecule is CC1C(N)=NC(C)(c2ccc(C#N)cc2)c2ccccc21. The lowest BCUT2D eigenvalue weighted by Gasteiger charge is -2.35. The van der Waals surface area contributed by atoms with Gasteiger partial charge in [-0.3, -0.25) is 4.99 Å². The fourth-order valence-corrected chi connectivity index (χ4v) is 2.98. The molecule has 3 rings (SSSR count). The fourth-order valence-electron chi connectivity index (χ4n) is 2.98. The first kappa shape index (κ1) is 13.4. The third-order valence-electron chi connectivity index (χ3n) is 4.32. The van der Waals surface area contributed by atoms with Crippen molar-refractivity contribution in [3.63, 3.8) is 0 Å². The number of aliphatic imine (C=N–C) groups is 1. The van der Waals surface area contributed by atoms with Crippen LogP contribution < -0.4 is 5.73 Å². The molecule has 0 fully saturated rings. The summed E-state index contributed by atoms with van der Waals surface area (Å²) >= 11 is 0. The number of nitrogens with zero attached hydrogens (tertiary/aromatic N) is 2. The number of rotatable bonds is 1. The Labute approximate surface area is 124 Å². The lowest BCUT2D eigenvalue weighted by Crippen LogP contribution is -2.35. The van der Waals surface area contributed by atoms with Crippen molar-refractivity contribution in [3.8, 4) is 6.07 Å². The molecule has 1 aliphatic heterocycles. The highest BCUT2D eigenvalue weighted by atomic mass is 15.0. The normalized spacial score (nSPS) is 23.9. The molecule has 104 valence electrons. The highest BCUT2D eigenvalue weighted by Gasteiger charge is 2.36. The van der Waals surface area contributed by atoms with Crippen molar-refractivity contribution in [1.29, 1.82) is 5.26 Å². The van der Waals surface area contributed by atoms with Crippen LogP contribution in [0.15, 0.2) is 53.5 Å². The van der Waals surface area contributed by atoms with Crippen LogP contribution in [0, 0.1) is 11.3 Å². The van der Waals surface area contributed by atoms with E-state index in [-0.39, 0.29) is 5.92 Å². The topological polar surface area (TPSA) is 62.2 Å². The molecule has 0 spiro atoms. The second-order valence-corrected chi connectivity index (χ2v) is 5.61. The van der Waals surface area contributed by atoms with E-state index >= 15 is 0 Å². The molecule has 1 heterocycles. The molecular weight excluding hydrogens is 258 g/mol. The minimum atomic E-state index is -0.499. The summed E-state index contributed by atoms with van der Waals surface area (Å²) in [6.07, 6.45) is 0. The molecule has 1 aliphatic rings. The number of hydrogen-bond donors (Lipinski definition) is 1. The fraction of sp³-hybridized carbons (Fsp3) is 0.222. The largest absolute Gasteiger partial charge is 0.387 e. The van der Waals surface area contributed by atoms with Crippen molar-refractivity contribution in [3.05, 3.63) is 70.8 Å². The molecule has 0 saturated heterocycles. The molecule has 2 aromatic carbocycles. The van der Waals surface area contributed by atoms with Gasteiger partial charge in [-0.1, -0.05) is 43.3 Å². The van der Waals surface area contributed by atoms with E-state index in [0.717, 1.165) is 5.56 Å². The molecule has 3 heteroatoms. The molecule has 2 atom stereocenters. The average molecular weight is 275 g/mol. The van der Waals surface area contributed by atoms with E-state index in [1.165, 1.54) is 11.1 Å². The maximum atomic E-state index is 8.94. The molecule has 0 radical (unpaired) electrons. The zero-order chi connectivity index (χ0) is 15.0. The van der Waals surface area contributed by atoms with E-state index in [4.69, 9.17) is 16.0 Å². The summed E-state index contributed by atoms with van der Waals surface area (Å²) in [5.41, 5.74) is 9.75. The number of hydrogen-bond acceptors (Lipinski definition) is 3. The number of amidine groups is 1. The summed E-state index contributed by atoms with van der Waals surface area (Å²) in [5.74, 6) is 0.785. The van der Waals surface area contributed by atoms with Gasteiger partial charge in [0.05, 0.1) is 11.6 Å². The molecule has 0 saturated carbocycles. The van der Waals surface area contributed by atoms with Crippen LogP contribution in [0.1, 0.15) is 42.0 Å². The highest BCUT2D eigenvalue weighted by molar-refractivity contribution is 5.90. The first-order chi connectivity index (χ1) is 10.1. The molecule has 0 aliphatic carbocycles. The molecule has 2 unspecified atom stereocenters. The Balaban J connectivity index is 2.21. The molecule has 2 N–H and O–H groups in total. The van der Waals surface area contributed by atoms with Gasteiger partial charge in [0.15, 0.2) is 0 Å². The van der Waals surface area contributed by atoms with Crippen LogP contribution in [0.5, 0.6) is 0 Å².